The Bertz CT molecular complexity index is 8240. The zero-order valence-corrected chi connectivity index (χ0v) is 83.4. The normalized spacial score (nSPS) is 11.0. The van der Waals surface area contributed by atoms with Crippen LogP contribution in [0.25, 0.3) is 78.5 Å². The molecular weight excluding hydrogens is 1910 g/mol. The van der Waals surface area contributed by atoms with Gasteiger partial charge in [-0.3, -0.25) is 0 Å². The van der Waals surface area contributed by atoms with Crippen LogP contribution >= 0.6 is 46.1 Å². The van der Waals surface area contributed by atoms with Crippen molar-refractivity contribution >= 4 is 46.1 Å². The topological polar surface area (TPSA) is 394 Å². The van der Waals surface area contributed by atoms with E-state index in [4.69, 9.17) is 58.5 Å². The number of benzene rings is 10. The molecule has 10 heterocycles. The van der Waals surface area contributed by atoms with Crippen molar-refractivity contribution in [1.29, 1.82) is 0 Å². The third-order valence-corrected chi connectivity index (χ3v) is 24.8. The molecular formula is C100H96Cl3N29O10S. The fraction of sp³-hybridized carbons (Fsp3) is 0.200. The molecule has 728 valence electrons. The van der Waals surface area contributed by atoms with Gasteiger partial charge in [-0.25, -0.2) is 43.0 Å². The van der Waals surface area contributed by atoms with Gasteiger partial charge < -0.3 is 28.3 Å². The van der Waals surface area contributed by atoms with Crippen molar-refractivity contribution in [1.82, 2.24) is 143 Å². The number of hydrogen-bond donors (Lipinski definition) is 0. The lowest BCUT2D eigenvalue weighted by Crippen LogP contribution is -2.23. The fourth-order valence-corrected chi connectivity index (χ4v) is 16.4. The van der Waals surface area contributed by atoms with Gasteiger partial charge >= 0.3 is 28.4 Å². The molecule has 10 aromatic carbocycles. The van der Waals surface area contributed by atoms with Crippen LogP contribution in [0.1, 0.15) is 66.8 Å². The van der Waals surface area contributed by atoms with E-state index in [9.17, 15) is 24.0 Å². The van der Waals surface area contributed by atoms with Crippen molar-refractivity contribution in [3.63, 3.8) is 0 Å². The SMILES string of the molecule is Cc1cccc(-n2nnn(C)c2=O)c1COc1c(C)c(-c2ccc(Cl)cc2)nn1C.Cc1cccc(-n2nnn(C)c2=O)c1COc1c(C)c(-c2ccccc2)nn1C.Cc1cccc(-n2nnn(C)c2=O)c1COc1cnn(-c2ccc(Cl)cc2)c1.Cc1cccc(-n2nnn(C)c2=O)c1COc1csc(-c2ccccc2)n1.Cc1cccc(-n2nnn(C)c2=O)c1COc1nc(-c2ccc(Cl)cc2)cn1C. The van der Waals surface area contributed by atoms with Gasteiger partial charge in [-0.05, 0) is 207 Å². The highest BCUT2D eigenvalue weighted by Gasteiger charge is 2.25. The fourth-order valence-electron chi connectivity index (χ4n) is 15.3. The van der Waals surface area contributed by atoms with Crippen molar-refractivity contribution in [2.24, 2.45) is 56.4 Å². The number of aromatic nitrogens is 29. The quantitative estimate of drug-likeness (QED) is 0.0513. The molecule has 0 saturated carbocycles. The van der Waals surface area contributed by atoms with Gasteiger partial charge in [0.05, 0.1) is 69.0 Å². The van der Waals surface area contributed by atoms with Gasteiger partial charge in [0, 0.05) is 139 Å². The Balaban J connectivity index is 0.000000128. The maximum atomic E-state index is 12.3. The highest BCUT2D eigenvalue weighted by Crippen LogP contribution is 2.36. The summed E-state index contributed by atoms with van der Waals surface area (Å²) in [6, 6.07) is 71.2. The molecule has 0 bridgehead atoms. The Morgan fingerprint density at radius 3 is 1.01 bits per heavy atom. The summed E-state index contributed by atoms with van der Waals surface area (Å²) in [4.78, 5) is 70.5. The number of ether oxygens (including phenoxy) is 5. The number of tetrazole rings is 5. The summed E-state index contributed by atoms with van der Waals surface area (Å²) in [6.07, 6.45) is 5.32. The largest absolute Gasteiger partial charge is 0.486 e. The van der Waals surface area contributed by atoms with Gasteiger partial charge in [-0.1, -0.05) is 180 Å². The number of rotatable bonds is 25. The first-order valence-electron chi connectivity index (χ1n) is 44.5. The number of aryl methyl sites for hydroxylation is 13. The van der Waals surface area contributed by atoms with E-state index in [1.807, 2.05) is 298 Å². The van der Waals surface area contributed by atoms with Crippen LogP contribution in [0.3, 0.4) is 0 Å². The second-order valence-electron chi connectivity index (χ2n) is 32.9. The van der Waals surface area contributed by atoms with Crippen LogP contribution in [0.15, 0.2) is 272 Å². The zero-order chi connectivity index (χ0) is 101. The summed E-state index contributed by atoms with van der Waals surface area (Å²) >= 11 is 19.4. The molecule has 0 atom stereocenters. The van der Waals surface area contributed by atoms with Crippen LogP contribution < -0.4 is 52.1 Å². The lowest BCUT2D eigenvalue weighted by molar-refractivity contribution is 0.270. The zero-order valence-electron chi connectivity index (χ0n) is 80.3. The van der Waals surface area contributed by atoms with Crippen molar-refractivity contribution in [3.05, 3.63) is 383 Å². The van der Waals surface area contributed by atoms with Crippen LogP contribution in [-0.2, 0) is 89.4 Å². The standard InChI is InChI=1S/C21H21ClN6O2.C21H22N6O2.C20H19ClN6O2.C19H17ClN6O2.C19H17N5O2S/c1-13-6-5-7-18(28-21(29)27(4)24-25-28)17(13)12-30-20-14(2)19(23-26(20)3)15-8-10-16(22)11-9-15;1-14-9-8-12-18(27-21(28)26(4)23-24-27)17(14)13-29-20-15(2)19(22-25(20)3)16-10-6-5-7-11-16;1-13-5-4-6-18(27-20(28)26(3)23-24-27)16(13)12-29-19-22-17(11-25(19)2)14-7-9-15(21)10-8-14;1-13-4-3-5-18(26-19(27)24(2)22-23-26)17(13)12-28-16-10-21-25(11-16)15-8-6-14(20)7-9-15;1-13-7-6-10-16(24-19(25)23(2)21-22-24)15(13)11-26-17-12-27-18(20-17)14-8-4-3-5-9-14/h5-11H,12H2,1-4H3;5-12H,13H2,1-4H3;4-11H,12H2,1-3H3;3-11H,12H2,1-2H3;3-10,12H,11H2,1-2H3. The second-order valence-corrected chi connectivity index (χ2v) is 35.1. The smallest absolute Gasteiger partial charge is 0.368 e. The predicted molar refractivity (Wildman–Crippen MR) is 540 cm³/mol. The molecule has 10 aromatic heterocycles. The minimum absolute atomic E-state index is 0.232. The van der Waals surface area contributed by atoms with Gasteiger partial charge in [-0.15, -0.1) is 11.3 Å². The average Bonchev–Trinajstić information content (AvgIpc) is 1.70. The van der Waals surface area contributed by atoms with Gasteiger partial charge in [0.1, 0.15) is 38.0 Å². The van der Waals surface area contributed by atoms with E-state index in [0.29, 0.717) is 72.9 Å². The van der Waals surface area contributed by atoms with Gasteiger partial charge in [0.15, 0.2) is 5.75 Å². The van der Waals surface area contributed by atoms with Crippen LogP contribution in [0, 0.1) is 48.5 Å². The Hall–Kier alpha value is -17.1. The molecule has 0 N–H and O–H groups in total. The Morgan fingerprint density at radius 1 is 0.315 bits per heavy atom. The molecule has 43 heteroatoms. The number of thiazole rings is 1. The second kappa shape index (κ2) is 43.9. The summed E-state index contributed by atoms with van der Waals surface area (Å²) in [7, 11) is 13.4. The van der Waals surface area contributed by atoms with Crippen molar-refractivity contribution in [2.75, 3.05) is 0 Å². The first kappa shape index (κ1) is 98.9. The van der Waals surface area contributed by atoms with Crippen molar-refractivity contribution < 1.29 is 23.7 Å². The van der Waals surface area contributed by atoms with Crippen molar-refractivity contribution in [3.8, 4) is 108 Å². The Morgan fingerprint density at radius 2 is 0.643 bits per heavy atom. The molecule has 0 unspecified atom stereocenters. The molecule has 0 fully saturated rings. The summed E-state index contributed by atoms with van der Waals surface area (Å²) in [5, 5.41) is 57.0. The molecule has 0 amide bonds. The maximum absolute atomic E-state index is 12.3. The molecule has 0 saturated heterocycles. The number of halogens is 3. The summed E-state index contributed by atoms with van der Waals surface area (Å²) in [5.74, 6) is 2.50. The van der Waals surface area contributed by atoms with Crippen LogP contribution in [0.2, 0.25) is 15.1 Å². The monoisotopic (exact) mass is 2000 g/mol. The van der Waals surface area contributed by atoms with E-state index in [-0.39, 0.29) is 61.5 Å². The van der Waals surface area contributed by atoms with Crippen LogP contribution in [-0.4, -0.2) is 143 Å². The first-order chi connectivity index (χ1) is 68.9. The number of nitrogens with zero attached hydrogens (tertiary/aromatic N) is 29. The third kappa shape index (κ3) is 22.3. The van der Waals surface area contributed by atoms with E-state index < -0.39 is 0 Å². The minimum atomic E-state index is -0.320. The highest BCUT2D eigenvalue weighted by molar-refractivity contribution is 7.13. The highest BCUT2D eigenvalue weighted by atomic mass is 35.5. The average molecular weight is 2000 g/mol. The predicted octanol–water partition coefficient (Wildman–Crippen LogP) is 14.4. The first-order valence-corrected chi connectivity index (χ1v) is 46.5. The Kier molecular flexibility index (Phi) is 30.4. The molecule has 0 aliphatic heterocycles. The van der Waals surface area contributed by atoms with E-state index in [1.54, 1.807) is 73.8 Å². The summed E-state index contributed by atoms with van der Waals surface area (Å²) in [6.45, 7) is 15.1. The summed E-state index contributed by atoms with van der Waals surface area (Å²) in [5.41, 5.74) is 20.2. The Labute approximate surface area is 835 Å². The van der Waals surface area contributed by atoms with Gasteiger partial charge in [0.2, 0.25) is 17.6 Å². The van der Waals surface area contributed by atoms with E-state index in [1.165, 1.54) is 58.2 Å². The molecule has 0 spiro atoms. The molecule has 0 aliphatic carbocycles. The molecule has 0 radical (unpaired) electrons. The number of hydrogen-bond acceptors (Lipinski definition) is 26. The van der Waals surface area contributed by atoms with E-state index in [2.05, 4.69) is 77.4 Å². The molecule has 143 heavy (non-hydrogen) atoms. The molecule has 20 rings (SSSR count). The van der Waals surface area contributed by atoms with Crippen molar-refractivity contribution in [2.45, 2.75) is 81.5 Å². The summed E-state index contributed by atoms with van der Waals surface area (Å²) < 4.78 is 49.5. The third-order valence-electron chi connectivity index (χ3n) is 23.2. The molecule has 0 aliphatic rings. The van der Waals surface area contributed by atoms with Gasteiger partial charge in [-0.2, -0.15) is 67.1 Å². The minimum Gasteiger partial charge on any atom is -0.486 e. The van der Waals surface area contributed by atoms with E-state index in [0.717, 1.165) is 117 Å². The van der Waals surface area contributed by atoms with Gasteiger partial charge in [0.25, 0.3) is 6.01 Å². The maximum Gasteiger partial charge on any atom is 0.368 e. The molecule has 39 nitrogen and oxygen atoms in total. The van der Waals surface area contributed by atoms with Crippen LogP contribution in [0.4, 0.5) is 0 Å². The molecule has 20 aromatic rings. The lowest BCUT2D eigenvalue weighted by atomic mass is 10.1. The van der Waals surface area contributed by atoms with Crippen LogP contribution in [0.5, 0.6) is 29.4 Å². The number of imidazole rings is 1. The lowest BCUT2D eigenvalue weighted by Gasteiger charge is -2.13. The van der Waals surface area contributed by atoms with E-state index >= 15 is 0 Å².